The molecule has 0 spiro atoms. The molecule has 0 radical (unpaired) electrons. The second kappa shape index (κ2) is 10.1. The molecule has 4 heterocycles. The molecule has 2 atom stereocenters. The van der Waals surface area contributed by atoms with Crippen molar-refractivity contribution in [2.45, 2.75) is 50.4 Å². The standard InChI is InChI=1S/C29H29N5OS/c36-29-32-27(25-11-4-6-18-31-25)28(26-12-7-19-33(26)20-21-8-3-5-17-30-21)34(29)22-13-15-24(16-14-22)35-23-9-1-2-10-23/h3-8,11-19,23,27-28H,1-2,9-10,20H2,(H,32,36)/t27-,28-/m0/s1. The van der Waals surface area contributed by atoms with Gasteiger partial charge in [0.05, 0.1) is 30.1 Å². The van der Waals surface area contributed by atoms with Gasteiger partial charge in [-0.1, -0.05) is 12.1 Å². The Morgan fingerprint density at radius 3 is 2.39 bits per heavy atom. The number of benzene rings is 1. The highest BCUT2D eigenvalue weighted by atomic mass is 32.1. The Bertz CT molecular complexity index is 1300. The van der Waals surface area contributed by atoms with E-state index in [9.17, 15) is 0 Å². The van der Waals surface area contributed by atoms with E-state index in [4.69, 9.17) is 17.0 Å². The fraction of sp³-hybridized carbons (Fsp3) is 0.276. The number of thiocarbonyl (C=S) groups is 1. The number of nitrogens with one attached hydrogen (secondary N) is 1. The molecule has 1 saturated carbocycles. The van der Waals surface area contributed by atoms with Gasteiger partial charge in [-0.15, -0.1) is 0 Å². The van der Waals surface area contributed by atoms with Crippen molar-refractivity contribution in [3.63, 3.8) is 0 Å². The lowest BCUT2D eigenvalue weighted by Crippen LogP contribution is -2.30. The van der Waals surface area contributed by atoms with E-state index in [1.807, 2.05) is 36.7 Å². The molecule has 1 N–H and O–H groups in total. The third-order valence-electron chi connectivity index (χ3n) is 7.04. The molecule has 1 saturated heterocycles. The van der Waals surface area contributed by atoms with Gasteiger partial charge in [0.25, 0.3) is 0 Å². The van der Waals surface area contributed by atoms with Crippen LogP contribution >= 0.6 is 12.2 Å². The van der Waals surface area contributed by atoms with Gasteiger partial charge < -0.3 is 19.5 Å². The van der Waals surface area contributed by atoms with Gasteiger partial charge in [0.15, 0.2) is 5.11 Å². The van der Waals surface area contributed by atoms with E-state index in [2.05, 4.69) is 79.5 Å². The van der Waals surface area contributed by atoms with Gasteiger partial charge in [-0.25, -0.2) is 0 Å². The van der Waals surface area contributed by atoms with Crippen LogP contribution in [0.2, 0.25) is 0 Å². The lowest BCUT2D eigenvalue weighted by Gasteiger charge is -2.29. The monoisotopic (exact) mass is 495 g/mol. The minimum Gasteiger partial charge on any atom is -0.490 e. The zero-order valence-electron chi connectivity index (χ0n) is 20.0. The Balaban J connectivity index is 1.35. The molecule has 4 aromatic rings. The number of nitrogens with zero attached hydrogens (tertiary/aromatic N) is 4. The molecule has 182 valence electrons. The average molecular weight is 496 g/mol. The minimum absolute atomic E-state index is 0.0762. The van der Waals surface area contributed by atoms with Crippen molar-refractivity contribution < 1.29 is 4.74 Å². The second-order valence-electron chi connectivity index (χ2n) is 9.40. The van der Waals surface area contributed by atoms with Gasteiger partial charge >= 0.3 is 0 Å². The molecule has 3 aromatic heterocycles. The molecular weight excluding hydrogens is 466 g/mol. The summed E-state index contributed by atoms with van der Waals surface area (Å²) in [5.74, 6) is 0.917. The number of pyridine rings is 2. The van der Waals surface area contributed by atoms with Gasteiger partial charge in [-0.3, -0.25) is 9.97 Å². The first kappa shape index (κ1) is 22.7. The molecular formula is C29H29N5OS. The molecule has 1 aromatic carbocycles. The van der Waals surface area contributed by atoms with Crippen molar-refractivity contribution in [3.8, 4) is 5.75 Å². The summed E-state index contributed by atoms with van der Waals surface area (Å²) in [4.78, 5) is 11.4. The Morgan fingerprint density at radius 1 is 0.889 bits per heavy atom. The number of aromatic nitrogens is 3. The van der Waals surface area contributed by atoms with Crippen LogP contribution in [0.1, 0.15) is 54.8 Å². The molecule has 2 aliphatic rings. The quantitative estimate of drug-likeness (QED) is 0.326. The number of anilines is 1. The molecule has 36 heavy (non-hydrogen) atoms. The predicted octanol–water partition coefficient (Wildman–Crippen LogP) is 5.82. The maximum absolute atomic E-state index is 6.21. The van der Waals surface area contributed by atoms with Crippen LogP contribution in [0.5, 0.6) is 5.75 Å². The largest absolute Gasteiger partial charge is 0.490 e. The summed E-state index contributed by atoms with van der Waals surface area (Å²) < 4.78 is 8.46. The van der Waals surface area contributed by atoms with E-state index in [1.54, 1.807) is 0 Å². The summed E-state index contributed by atoms with van der Waals surface area (Å²) in [5.41, 5.74) is 4.15. The Morgan fingerprint density at radius 2 is 1.67 bits per heavy atom. The van der Waals surface area contributed by atoms with Gasteiger partial charge in [-0.2, -0.15) is 0 Å². The predicted molar refractivity (Wildman–Crippen MR) is 145 cm³/mol. The van der Waals surface area contributed by atoms with Crippen molar-refractivity contribution in [2.75, 3.05) is 4.90 Å². The first-order chi connectivity index (χ1) is 17.8. The van der Waals surface area contributed by atoms with Crippen LogP contribution in [-0.2, 0) is 6.54 Å². The third kappa shape index (κ3) is 4.58. The van der Waals surface area contributed by atoms with E-state index in [0.717, 1.165) is 41.4 Å². The highest BCUT2D eigenvalue weighted by Gasteiger charge is 2.42. The fourth-order valence-corrected chi connectivity index (χ4v) is 5.67. The molecule has 0 bridgehead atoms. The smallest absolute Gasteiger partial charge is 0.174 e. The summed E-state index contributed by atoms with van der Waals surface area (Å²) in [6.45, 7) is 0.684. The van der Waals surface area contributed by atoms with Crippen molar-refractivity contribution in [1.29, 1.82) is 0 Å². The molecule has 1 aliphatic heterocycles. The Hall–Kier alpha value is -3.71. The van der Waals surface area contributed by atoms with Crippen LogP contribution in [0.4, 0.5) is 5.69 Å². The first-order valence-electron chi connectivity index (χ1n) is 12.6. The highest BCUT2D eigenvalue weighted by molar-refractivity contribution is 7.80. The van der Waals surface area contributed by atoms with Crippen LogP contribution < -0.4 is 15.0 Å². The summed E-state index contributed by atoms with van der Waals surface area (Å²) in [6.07, 6.45) is 10.9. The lowest BCUT2D eigenvalue weighted by atomic mass is 10.0. The summed E-state index contributed by atoms with van der Waals surface area (Å²) in [7, 11) is 0. The zero-order valence-corrected chi connectivity index (χ0v) is 20.8. The van der Waals surface area contributed by atoms with Gasteiger partial charge in [0.2, 0.25) is 0 Å². The maximum atomic E-state index is 6.21. The molecule has 1 aliphatic carbocycles. The van der Waals surface area contributed by atoms with Crippen molar-refractivity contribution in [1.82, 2.24) is 19.9 Å². The maximum Gasteiger partial charge on any atom is 0.174 e. The normalized spacial score (nSPS) is 20.0. The summed E-state index contributed by atoms with van der Waals surface area (Å²) in [5, 5.41) is 4.24. The number of ether oxygens (including phenoxy) is 1. The fourth-order valence-electron chi connectivity index (χ4n) is 5.32. The van der Waals surface area contributed by atoms with Crippen molar-refractivity contribution >= 4 is 23.0 Å². The first-order valence-corrected chi connectivity index (χ1v) is 13.0. The molecule has 7 heteroatoms. The third-order valence-corrected chi connectivity index (χ3v) is 7.36. The second-order valence-corrected chi connectivity index (χ2v) is 9.78. The van der Waals surface area contributed by atoms with Crippen molar-refractivity contribution in [2.24, 2.45) is 0 Å². The van der Waals surface area contributed by atoms with E-state index in [1.165, 1.54) is 12.8 Å². The summed E-state index contributed by atoms with van der Waals surface area (Å²) >= 11 is 5.91. The van der Waals surface area contributed by atoms with Crippen LogP contribution in [0.15, 0.2) is 91.4 Å². The van der Waals surface area contributed by atoms with Crippen LogP contribution in [0.3, 0.4) is 0 Å². The van der Waals surface area contributed by atoms with Gasteiger partial charge in [-0.05, 0) is 98.6 Å². The van der Waals surface area contributed by atoms with E-state index >= 15 is 0 Å². The average Bonchev–Trinajstić information content (AvgIpc) is 3.66. The molecule has 2 fully saturated rings. The molecule has 6 nitrogen and oxygen atoms in total. The Kier molecular flexibility index (Phi) is 6.38. The topological polar surface area (TPSA) is 55.2 Å². The molecule has 0 unspecified atom stereocenters. The van der Waals surface area contributed by atoms with Gasteiger partial charge in [0.1, 0.15) is 11.8 Å². The van der Waals surface area contributed by atoms with Crippen LogP contribution in [0.25, 0.3) is 0 Å². The number of hydrogen-bond acceptors (Lipinski definition) is 4. The lowest BCUT2D eigenvalue weighted by molar-refractivity contribution is 0.210. The van der Waals surface area contributed by atoms with E-state index < -0.39 is 0 Å². The minimum atomic E-state index is -0.0921. The van der Waals surface area contributed by atoms with Gasteiger partial charge in [0, 0.05) is 30.0 Å². The summed E-state index contributed by atoms with van der Waals surface area (Å²) in [6, 6.07) is 24.5. The highest BCUT2D eigenvalue weighted by Crippen LogP contribution is 2.42. The van der Waals surface area contributed by atoms with Crippen molar-refractivity contribution in [3.05, 3.63) is 108 Å². The van der Waals surface area contributed by atoms with E-state index in [-0.39, 0.29) is 12.1 Å². The van der Waals surface area contributed by atoms with E-state index in [0.29, 0.717) is 17.8 Å². The van der Waals surface area contributed by atoms with Crippen LogP contribution in [-0.4, -0.2) is 25.8 Å². The zero-order chi connectivity index (χ0) is 24.3. The number of rotatable bonds is 7. The molecule has 6 rings (SSSR count). The SMILES string of the molecule is S=C1N[C@@H](c2ccccn2)[C@H](c2cccn2Cc2ccccn2)N1c1ccc(OC2CCCC2)cc1. The Labute approximate surface area is 217 Å². The molecule has 0 amide bonds. The van der Waals surface area contributed by atoms with Crippen LogP contribution in [0, 0.1) is 0 Å². The number of hydrogen-bond donors (Lipinski definition) is 1.